The molecule has 0 atom stereocenters. The molecule has 7 heteroatoms. The summed E-state index contributed by atoms with van der Waals surface area (Å²) in [6.45, 7) is 4.29. The summed E-state index contributed by atoms with van der Waals surface area (Å²) in [6.07, 6.45) is 0. The van der Waals surface area contributed by atoms with Gasteiger partial charge in [0.1, 0.15) is 0 Å². The Kier molecular flexibility index (Phi) is 71.8. The SMILES string of the molecule is CC#N.CC#N.CC#N.[Cl][Ru]([Cl])[Cl]. The zero-order valence-corrected chi connectivity index (χ0v) is 11.3. The Morgan fingerprint density at radius 3 is 0.769 bits per heavy atom. The summed E-state index contributed by atoms with van der Waals surface area (Å²) in [5.41, 5.74) is 0. The van der Waals surface area contributed by atoms with Gasteiger partial charge in [-0.1, -0.05) is 0 Å². The van der Waals surface area contributed by atoms with Gasteiger partial charge in [-0.3, -0.25) is 0 Å². The molecule has 0 radical (unpaired) electrons. The van der Waals surface area contributed by atoms with Crippen LogP contribution in [-0.2, 0) is 13.0 Å². The minimum absolute atomic E-state index is 1.43. The van der Waals surface area contributed by atoms with Crippen molar-refractivity contribution in [3.63, 3.8) is 0 Å². The first-order valence-corrected chi connectivity index (χ1v) is 9.29. The first kappa shape index (κ1) is 23.1. The molecule has 77 valence electrons. The maximum absolute atomic E-state index is 7.32. The van der Waals surface area contributed by atoms with Gasteiger partial charge in [-0.15, -0.1) is 0 Å². The summed E-state index contributed by atoms with van der Waals surface area (Å²) < 4.78 is 0. The van der Waals surface area contributed by atoms with Gasteiger partial charge in [-0.05, 0) is 0 Å². The van der Waals surface area contributed by atoms with Crippen LogP contribution in [0.15, 0.2) is 0 Å². The molecule has 0 heterocycles. The van der Waals surface area contributed by atoms with E-state index in [-0.39, 0.29) is 0 Å². The molecule has 0 spiro atoms. The zero-order chi connectivity index (χ0) is 11.7. The molecule has 0 aliphatic rings. The second kappa shape index (κ2) is 40.4. The Morgan fingerprint density at radius 1 is 0.769 bits per heavy atom. The van der Waals surface area contributed by atoms with Crippen LogP contribution in [0.1, 0.15) is 20.8 Å². The van der Waals surface area contributed by atoms with Crippen LogP contribution in [0.4, 0.5) is 0 Å². The quantitative estimate of drug-likeness (QED) is 0.636. The summed E-state index contributed by atoms with van der Waals surface area (Å²) in [5.74, 6) is 0. The van der Waals surface area contributed by atoms with E-state index in [9.17, 15) is 0 Å². The van der Waals surface area contributed by atoms with Crippen LogP contribution in [0.3, 0.4) is 0 Å². The fourth-order valence-corrected chi connectivity index (χ4v) is 0. The number of nitrogens with zero attached hydrogens (tertiary/aromatic N) is 3. The molecule has 0 aromatic heterocycles. The van der Waals surface area contributed by atoms with Gasteiger partial charge in [-0.2, -0.15) is 15.8 Å². The van der Waals surface area contributed by atoms with Crippen molar-refractivity contribution in [3.8, 4) is 18.2 Å². The van der Waals surface area contributed by atoms with Crippen molar-refractivity contribution in [2.45, 2.75) is 20.8 Å². The van der Waals surface area contributed by atoms with Crippen LogP contribution in [0.2, 0.25) is 0 Å². The van der Waals surface area contributed by atoms with E-state index in [0.29, 0.717) is 0 Å². The van der Waals surface area contributed by atoms with E-state index in [1.54, 1.807) is 18.2 Å². The van der Waals surface area contributed by atoms with Crippen LogP contribution in [0.5, 0.6) is 0 Å². The van der Waals surface area contributed by atoms with E-state index in [1.165, 1.54) is 20.8 Å². The van der Waals surface area contributed by atoms with Gasteiger partial charge in [0.15, 0.2) is 0 Å². The number of hydrogen-bond donors (Lipinski definition) is 0. The van der Waals surface area contributed by atoms with Gasteiger partial charge >= 0.3 is 42.1 Å². The van der Waals surface area contributed by atoms with Crippen LogP contribution in [0, 0.1) is 34.0 Å². The van der Waals surface area contributed by atoms with Crippen LogP contribution in [0.25, 0.3) is 0 Å². The van der Waals surface area contributed by atoms with E-state index in [0.717, 1.165) is 0 Å². The molecule has 0 bridgehead atoms. The molecule has 0 saturated carbocycles. The third-order valence-corrected chi connectivity index (χ3v) is 0. The van der Waals surface area contributed by atoms with Crippen LogP contribution < -0.4 is 0 Å². The molecule has 0 fully saturated rings. The van der Waals surface area contributed by atoms with E-state index in [2.05, 4.69) is 0 Å². The van der Waals surface area contributed by atoms with E-state index < -0.39 is 13.0 Å². The first-order chi connectivity index (χ1) is 5.97. The summed E-state index contributed by atoms with van der Waals surface area (Å²) in [7, 11) is 14.8. The fraction of sp³-hybridized carbons (Fsp3) is 0.500. The van der Waals surface area contributed by atoms with Crippen molar-refractivity contribution in [3.05, 3.63) is 0 Å². The average molecular weight is 331 g/mol. The van der Waals surface area contributed by atoms with Crippen molar-refractivity contribution in [2.75, 3.05) is 0 Å². The van der Waals surface area contributed by atoms with E-state index in [1.807, 2.05) is 0 Å². The predicted octanol–water partition coefficient (Wildman–Crippen LogP) is 3.66. The summed E-state index contributed by atoms with van der Waals surface area (Å²) >= 11 is -1.75. The summed E-state index contributed by atoms with van der Waals surface area (Å²) in [6, 6.07) is 5.25. The molecule has 0 aromatic carbocycles. The van der Waals surface area contributed by atoms with Crippen LogP contribution >= 0.6 is 29.1 Å². The molecule has 0 amide bonds. The summed E-state index contributed by atoms with van der Waals surface area (Å²) in [4.78, 5) is 0. The Balaban J connectivity index is -0.0000000420. The molecule has 0 rings (SSSR count). The van der Waals surface area contributed by atoms with E-state index >= 15 is 0 Å². The summed E-state index contributed by atoms with van der Waals surface area (Å²) in [5, 5.41) is 22.0. The molecule has 0 N–H and O–H groups in total. The molecular formula is C6H9Cl3N3Ru. The molecule has 0 saturated heterocycles. The monoisotopic (exact) mass is 330 g/mol. The number of hydrogen-bond acceptors (Lipinski definition) is 3. The molecule has 13 heavy (non-hydrogen) atoms. The first-order valence-electron chi connectivity index (χ1n) is 2.57. The molecule has 0 aromatic rings. The molecule has 0 aliphatic heterocycles. The van der Waals surface area contributed by atoms with E-state index in [4.69, 9.17) is 44.9 Å². The second-order valence-electron chi connectivity index (χ2n) is 0.822. The Bertz CT molecular complexity index is 146. The normalized spacial score (nSPS) is 5.31. The van der Waals surface area contributed by atoms with Crippen molar-refractivity contribution in [1.29, 1.82) is 15.8 Å². The van der Waals surface area contributed by atoms with Crippen LogP contribution in [-0.4, -0.2) is 0 Å². The molecule has 0 aliphatic carbocycles. The Hall–Kier alpha value is -0.0366. The topological polar surface area (TPSA) is 71.4 Å². The Morgan fingerprint density at radius 2 is 0.769 bits per heavy atom. The van der Waals surface area contributed by atoms with Crippen molar-refractivity contribution < 1.29 is 13.0 Å². The second-order valence-corrected chi connectivity index (χ2v) is 8.74. The zero-order valence-electron chi connectivity index (χ0n) is 7.33. The van der Waals surface area contributed by atoms with Gasteiger partial charge in [0, 0.05) is 20.8 Å². The molecule has 0 unspecified atom stereocenters. The number of rotatable bonds is 0. The third-order valence-electron chi connectivity index (χ3n) is 0. The molecular weight excluding hydrogens is 322 g/mol. The van der Waals surface area contributed by atoms with Crippen molar-refractivity contribution in [2.24, 2.45) is 0 Å². The maximum atomic E-state index is 7.32. The Labute approximate surface area is 96.4 Å². The predicted molar refractivity (Wildman–Crippen MR) is 51.4 cm³/mol. The third kappa shape index (κ3) is 885000. The van der Waals surface area contributed by atoms with Gasteiger partial charge < -0.3 is 0 Å². The number of nitriles is 3. The average Bonchev–Trinajstić information content (AvgIpc) is 1.88. The fourth-order valence-electron chi connectivity index (χ4n) is 0. The van der Waals surface area contributed by atoms with Gasteiger partial charge in [0.05, 0.1) is 18.2 Å². The number of halogens is 3. The van der Waals surface area contributed by atoms with Gasteiger partial charge in [-0.25, -0.2) is 0 Å². The molecule has 3 nitrogen and oxygen atoms in total. The van der Waals surface area contributed by atoms with Crippen molar-refractivity contribution in [1.82, 2.24) is 0 Å². The van der Waals surface area contributed by atoms with Gasteiger partial charge in [0.25, 0.3) is 0 Å². The minimum atomic E-state index is -1.75. The van der Waals surface area contributed by atoms with Gasteiger partial charge in [0.2, 0.25) is 0 Å². The standard InChI is InChI=1S/3C2H3N.3ClH.Ru/c3*1-2-3;;;;/h3*1H3;3*1H;/q;;;;;;+3/p-3. The van der Waals surface area contributed by atoms with Crippen molar-refractivity contribution >= 4 is 29.1 Å².